The number of nitrogens with zero attached hydrogens (tertiary/aromatic N) is 1. The molecule has 0 fully saturated rings. The van der Waals surface area contributed by atoms with Crippen molar-refractivity contribution in [3.05, 3.63) is 24.3 Å². The Morgan fingerprint density at radius 2 is 2.20 bits per heavy atom. The van der Waals surface area contributed by atoms with Crippen molar-refractivity contribution >= 4 is 17.3 Å². The molecule has 3 nitrogen and oxygen atoms in total. The Morgan fingerprint density at radius 1 is 1.47 bits per heavy atom. The molecule has 0 bridgehead atoms. The molecule has 80 valence electrons. The topological polar surface area (TPSA) is 32.3 Å². The van der Waals surface area contributed by atoms with Gasteiger partial charge in [0.25, 0.3) is 0 Å². The van der Waals surface area contributed by atoms with Gasteiger partial charge in [-0.25, -0.2) is 0 Å². The van der Waals surface area contributed by atoms with Gasteiger partial charge in [-0.2, -0.15) is 0 Å². The molecule has 1 amide bonds. The summed E-state index contributed by atoms with van der Waals surface area (Å²) in [6, 6.07) is 7.96. The summed E-state index contributed by atoms with van der Waals surface area (Å²) in [4.78, 5) is 13.9. The van der Waals surface area contributed by atoms with Gasteiger partial charge in [0.05, 0.1) is 17.3 Å². The zero-order valence-corrected chi connectivity index (χ0v) is 9.16. The van der Waals surface area contributed by atoms with Crippen molar-refractivity contribution in [2.45, 2.75) is 13.8 Å². The summed E-state index contributed by atoms with van der Waals surface area (Å²) >= 11 is 0. The quantitative estimate of drug-likeness (QED) is 0.759. The first-order valence-corrected chi connectivity index (χ1v) is 5.37. The van der Waals surface area contributed by atoms with Gasteiger partial charge in [-0.15, -0.1) is 0 Å². The zero-order chi connectivity index (χ0) is 10.8. The molecule has 0 aliphatic carbocycles. The van der Waals surface area contributed by atoms with Crippen LogP contribution in [0.4, 0.5) is 11.4 Å². The second-order valence-electron chi connectivity index (χ2n) is 3.95. The van der Waals surface area contributed by atoms with E-state index in [1.165, 1.54) is 0 Å². The molecule has 1 aliphatic rings. The fourth-order valence-corrected chi connectivity index (χ4v) is 1.92. The number of carbonyl (C=O) groups excluding carboxylic acids is 1. The molecule has 1 N–H and O–H groups in total. The van der Waals surface area contributed by atoms with Crippen LogP contribution in [0.2, 0.25) is 0 Å². The number of hydrogen-bond acceptors (Lipinski definition) is 2. The number of rotatable bonds is 1. The van der Waals surface area contributed by atoms with Gasteiger partial charge >= 0.3 is 0 Å². The summed E-state index contributed by atoms with van der Waals surface area (Å²) in [5.41, 5.74) is 2.05. The van der Waals surface area contributed by atoms with Crippen molar-refractivity contribution < 1.29 is 4.79 Å². The average Bonchev–Trinajstić information content (AvgIpc) is 2.37. The van der Waals surface area contributed by atoms with E-state index in [1.807, 2.05) is 25.1 Å². The van der Waals surface area contributed by atoms with Crippen molar-refractivity contribution in [3.63, 3.8) is 0 Å². The van der Waals surface area contributed by atoms with Crippen LogP contribution in [0, 0.1) is 5.92 Å². The second-order valence-corrected chi connectivity index (χ2v) is 3.95. The Morgan fingerprint density at radius 3 is 2.93 bits per heavy atom. The van der Waals surface area contributed by atoms with E-state index in [2.05, 4.69) is 23.2 Å². The molecule has 1 aliphatic heterocycles. The molecule has 1 heterocycles. The fraction of sp³-hybridized carbons (Fsp3) is 0.417. The third-order valence-corrected chi connectivity index (χ3v) is 2.83. The molecule has 2 rings (SSSR count). The van der Waals surface area contributed by atoms with Gasteiger partial charge in [0.15, 0.2) is 0 Å². The number of amides is 1. The van der Waals surface area contributed by atoms with Crippen LogP contribution < -0.4 is 10.2 Å². The Kier molecular flexibility index (Phi) is 2.62. The highest BCUT2D eigenvalue weighted by Crippen LogP contribution is 2.29. The molecule has 1 aromatic carbocycles. The van der Waals surface area contributed by atoms with Gasteiger partial charge in [-0.1, -0.05) is 19.1 Å². The third-order valence-electron chi connectivity index (χ3n) is 2.83. The number of hydrogen-bond donors (Lipinski definition) is 1. The maximum absolute atomic E-state index is 11.7. The molecule has 1 unspecified atom stereocenters. The largest absolute Gasteiger partial charge is 0.369 e. The normalized spacial score (nSPS) is 20.5. The number of benzene rings is 1. The van der Waals surface area contributed by atoms with Crippen molar-refractivity contribution in [2.75, 3.05) is 23.3 Å². The highest BCUT2D eigenvalue weighted by atomic mass is 16.1. The van der Waals surface area contributed by atoms with Crippen molar-refractivity contribution in [2.24, 2.45) is 5.92 Å². The molecule has 1 atom stereocenters. The van der Waals surface area contributed by atoms with Crippen molar-refractivity contribution in [3.8, 4) is 0 Å². The van der Waals surface area contributed by atoms with Crippen LogP contribution in [0.15, 0.2) is 24.3 Å². The summed E-state index contributed by atoms with van der Waals surface area (Å²) in [6.07, 6.45) is 0. The van der Waals surface area contributed by atoms with E-state index in [1.54, 1.807) is 0 Å². The van der Waals surface area contributed by atoms with E-state index in [4.69, 9.17) is 0 Å². The van der Waals surface area contributed by atoms with Gasteiger partial charge < -0.3 is 10.2 Å². The number of anilines is 2. The number of fused-ring (bicyclic) bond motifs is 1. The summed E-state index contributed by atoms with van der Waals surface area (Å²) < 4.78 is 0. The smallest absolute Gasteiger partial charge is 0.229 e. The highest BCUT2D eigenvalue weighted by Gasteiger charge is 2.23. The van der Waals surface area contributed by atoms with Gasteiger partial charge in [0, 0.05) is 13.1 Å². The predicted octanol–water partition coefficient (Wildman–Crippen LogP) is 2.10. The number of nitrogens with one attached hydrogen (secondary N) is 1. The first-order valence-electron chi connectivity index (χ1n) is 5.37. The molecule has 0 radical (unpaired) electrons. The first kappa shape index (κ1) is 10.0. The first-order chi connectivity index (χ1) is 7.22. The fourth-order valence-electron chi connectivity index (χ4n) is 1.92. The highest BCUT2D eigenvalue weighted by molar-refractivity contribution is 5.97. The minimum Gasteiger partial charge on any atom is -0.369 e. The lowest BCUT2D eigenvalue weighted by Gasteiger charge is -2.23. The van der Waals surface area contributed by atoms with Crippen molar-refractivity contribution in [1.29, 1.82) is 0 Å². The van der Waals surface area contributed by atoms with E-state index < -0.39 is 0 Å². The predicted molar refractivity (Wildman–Crippen MR) is 62.1 cm³/mol. The monoisotopic (exact) mass is 204 g/mol. The lowest BCUT2D eigenvalue weighted by atomic mass is 10.1. The van der Waals surface area contributed by atoms with Crippen LogP contribution >= 0.6 is 0 Å². The molecular weight excluding hydrogens is 188 g/mol. The van der Waals surface area contributed by atoms with Gasteiger partial charge in [0.1, 0.15) is 0 Å². The Bertz CT molecular complexity index is 376. The van der Waals surface area contributed by atoms with Gasteiger partial charge in [0.2, 0.25) is 5.91 Å². The lowest BCUT2D eigenvalue weighted by molar-refractivity contribution is -0.119. The Balaban J connectivity index is 2.42. The molecule has 1 aromatic rings. The van der Waals surface area contributed by atoms with Crippen LogP contribution in [-0.4, -0.2) is 19.0 Å². The summed E-state index contributed by atoms with van der Waals surface area (Å²) in [6.45, 7) is 5.79. The summed E-state index contributed by atoms with van der Waals surface area (Å²) in [5.74, 6) is 0.149. The SMILES string of the molecule is CCN1CC(C)C(=O)Nc2ccccc21. The van der Waals surface area contributed by atoms with Crippen LogP contribution in [0.3, 0.4) is 0 Å². The summed E-state index contributed by atoms with van der Waals surface area (Å²) in [7, 11) is 0. The minimum atomic E-state index is 0.0392. The van der Waals surface area contributed by atoms with E-state index in [-0.39, 0.29) is 11.8 Å². The van der Waals surface area contributed by atoms with E-state index in [0.29, 0.717) is 0 Å². The number of carbonyl (C=O) groups is 1. The maximum Gasteiger partial charge on any atom is 0.229 e. The Hall–Kier alpha value is -1.51. The molecule has 3 heteroatoms. The second kappa shape index (κ2) is 3.93. The van der Waals surface area contributed by atoms with E-state index in [0.717, 1.165) is 24.5 Å². The van der Waals surface area contributed by atoms with Gasteiger partial charge in [-0.05, 0) is 19.1 Å². The Labute approximate surface area is 90.1 Å². The van der Waals surface area contributed by atoms with E-state index in [9.17, 15) is 4.79 Å². The third kappa shape index (κ3) is 1.82. The van der Waals surface area contributed by atoms with Crippen LogP contribution in [-0.2, 0) is 4.79 Å². The van der Waals surface area contributed by atoms with Crippen LogP contribution in [0.25, 0.3) is 0 Å². The lowest BCUT2D eigenvalue weighted by Crippen LogP contribution is -2.30. The van der Waals surface area contributed by atoms with Gasteiger partial charge in [-0.3, -0.25) is 4.79 Å². The standard InChI is InChI=1S/C12H16N2O/c1-3-14-8-9(2)12(15)13-10-6-4-5-7-11(10)14/h4-7,9H,3,8H2,1-2H3,(H,13,15). The maximum atomic E-state index is 11.7. The van der Waals surface area contributed by atoms with Crippen molar-refractivity contribution in [1.82, 2.24) is 0 Å². The van der Waals surface area contributed by atoms with Crippen LogP contribution in [0.5, 0.6) is 0 Å². The molecule has 0 saturated heterocycles. The molecular formula is C12H16N2O. The molecule has 0 saturated carbocycles. The van der Waals surface area contributed by atoms with Crippen LogP contribution in [0.1, 0.15) is 13.8 Å². The molecule has 0 aromatic heterocycles. The average molecular weight is 204 g/mol. The number of para-hydroxylation sites is 2. The zero-order valence-electron chi connectivity index (χ0n) is 9.16. The summed E-state index contributed by atoms with van der Waals surface area (Å²) in [5, 5.41) is 2.96. The molecule has 15 heavy (non-hydrogen) atoms. The molecule has 0 spiro atoms. The van der Waals surface area contributed by atoms with E-state index >= 15 is 0 Å². The minimum absolute atomic E-state index is 0.0392.